The van der Waals surface area contributed by atoms with Crippen LogP contribution in [-0.2, 0) is 9.84 Å². The van der Waals surface area contributed by atoms with Crippen LogP contribution in [0.5, 0.6) is 5.75 Å². The summed E-state index contributed by atoms with van der Waals surface area (Å²) in [6, 6.07) is 6.41. The van der Waals surface area contributed by atoms with Crippen LogP contribution in [0.3, 0.4) is 0 Å². The Kier molecular flexibility index (Phi) is 6.05. The predicted octanol–water partition coefficient (Wildman–Crippen LogP) is 3.77. The van der Waals surface area contributed by atoms with E-state index in [0.29, 0.717) is 43.2 Å². The minimum atomic E-state index is -4.11. The SMILES string of the molecule is CS(=O)(=O)c1ccc(OCC[C@@H]2CC2C2CCN(CC(F)(F)F)CC2)cc1. The second kappa shape index (κ2) is 7.99. The zero-order chi connectivity index (χ0) is 19.7. The quantitative estimate of drug-likeness (QED) is 0.693. The van der Waals surface area contributed by atoms with Gasteiger partial charge in [0.2, 0.25) is 0 Å². The third-order valence-corrected chi connectivity index (χ3v) is 6.76. The van der Waals surface area contributed by atoms with Crippen LogP contribution in [0.15, 0.2) is 29.2 Å². The Bertz CT molecular complexity index is 726. The van der Waals surface area contributed by atoms with Gasteiger partial charge in [0.25, 0.3) is 0 Å². The van der Waals surface area contributed by atoms with E-state index in [2.05, 4.69) is 0 Å². The van der Waals surface area contributed by atoms with E-state index in [1.807, 2.05) is 0 Å². The monoisotopic (exact) mass is 405 g/mol. The summed E-state index contributed by atoms with van der Waals surface area (Å²) < 4.78 is 65.9. The number of ether oxygens (including phenoxy) is 1. The van der Waals surface area contributed by atoms with Gasteiger partial charge in [0, 0.05) is 6.26 Å². The number of rotatable bonds is 7. The topological polar surface area (TPSA) is 46.6 Å². The number of nitrogens with zero attached hydrogens (tertiary/aromatic N) is 1. The van der Waals surface area contributed by atoms with Crippen LogP contribution in [-0.4, -0.2) is 52.0 Å². The molecule has 8 heteroatoms. The first kappa shape index (κ1) is 20.5. The summed E-state index contributed by atoms with van der Waals surface area (Å²) in [5.74, 6) is 2.40. The number of piperidine rings is 1. The molecule has 152 valence electrons. The fraction of sp³-hybridized carbons (Fsp3) is 0.684. The van der Waals surface area contributed by atoms with Crippen molar-refractivity contribution in [1.29, 1.82) is 0 Å². The predicted molar refractivity (Wildman–Crippen MR) is 96.5 cm³/mol. The second-order valence-electron chi connectivity index (χ2n) is 7.77. The molecule has 1 heterocycles. The van der Waals surface area contributed by atoms with Gasteiger partial charge in [-0.1, -0.05) is 0 Å². The van der Waals surface area contributed by atoms with Crippen LogP contribution < -0.4 is 4.74 Å². The van der Waals surface area contributed by atoms with E-state index in [4.69, 9.17) is 4.74 Å². The molecule has 0 amide bonds. The number of hydrogen-bond donors (Lipinski definition) is 0. The van der Waals surface area contributed by atoms with Gasteiger partial charge in [0.1, 0.15) is 5.75 Å². The summed E-state index contributed by atoms with van der Waals surface area (Å²) in [7, 11) is -3.20. The van der Waals surface area contributed by atoms with Crippen molar-refractivity contribution >= 4 is 9.84 Å². The highest BCUT2D eigenvalue weighted by atomic mass is 32.2. The highest BCUT2D eigenvalue weighted by Crippen LogP contribution is 2.49. The maximum atomic E-state index is 12.4. The Balaban J connectivity index is 1.35. The van der Waals surface area contributed by atoms with Crippen molar-refractivity contribution in [2.75, 3.05) is 32.5 Å². The highest BCUT2D eigenvalue weighted by molar-refractivity contribution is 7.90. The lowest BCUT2D eigenvalue weighted by Crippen LogP contribution is -2.40. The third-order valence-electron chi connectivity index (χ3n) is 5.63. The summed E-state index contributed by atoms with van der Waals surface area (Å²) in [5.41, 5.74) is 0. The van der Waals surface area contributed by atoms with E-state index in [1.165, 1.54) is 11.2 Å². The summed E-state index contributed by atoms with van der Waals surface area (Å²) in [5, 5.41) is 0. The maximum Gasteiger partial charge on any atom is 0.401 e. The average molecular weight is 405 g/mol. The lowest BCUT2D eigenvalue weighted by Gasteiger charge is -2.32. The first-order valence-electron chi connectivity index (χ1n) is 9.34. The van der Waals surface area contributed by atoms with Crippen molar-refractivity contribution in [3.05, 3.63) is 24.3 Å². The lowest BCUT2D eigenvalue weighted by atomic mass is 9.90. The van der Waals surface area contributed by atoms with Crippen LogP contribution >= 0.6 is 0 Å². The van der Waals surface area contributed by atoms with Crippen molar-refractivity contribution in [2.24, 2.45) is 17.8 Å². The highest BCUT2D eigenvalue weighted by Gasteiger charge is 2.43. The molecule has 1 aromatic carbocycles. The maximum absolute atomic E-state index is 12.4. The number of alkyl halides is 3. The molecule has 0 bridgehead atoms. The summed E-state index contributed by atoms with van der Waals surface area (Å²) in [4.78, 5) is 1.78. The lowest BCUT2D eigenvalue weighted by molar-refractivity contribution is -0.148. The van der Waals surface area contributed by atoms with Gasteiger partial charge in [0.05, 0.1) is 18.0 Å². The summed E-state index contributed by atoms with van der Waals surface area (Å²) in [6.07, 6.45) is 0.840. The molecular weight excluding hydrogens is 379 g/mol. The Labute approximate surface area is 158 Å². The van der Waals surface area contributed by atoms with Crippen LogP contribution in [0.4, 0.5) is 13.2 Å². The molecule has 0 N–H and O–H groups in total. The van der Waals surface area contributed by atoms with E-state index < -0.39 is 22.6 Å². The van der Waals surface area contributed by atoms with Crippen molar-refractivity contribution in [3.63, 3.8) is 0 Å². The number of likely N-dealkylation sites (tertiary alicyclic amines) is 1. The molecule has 1 saturated heterocycles. The largest absolute Gasteiger partial charge is 0.494 e. The zero-order valence-corrected chi connectivity index (χ0v) is 16.2. The number of benzene rings is 1. The molecule has 27 heavy (non-hydrogen) atoms. The molecule has 0 radical (unpaired) electrons. The smallest absolute Gasteiger partial charge is 0.401 e. The Morgan fingerprint density at radius 1 is 1.15 bits per heavy atom. The molecule has 2 fully saturated rings. The first-order valence-corrected chi connectivity index (χ1v) is 11.2. The molecule has 1 aliphatic heterocycles. The van der Waals surface area contributed by atoms with Gasteiger partial charge >= 0.3 is 6.18 Å². The van der Waals surface area contributed by atoms with Gasteiger partial charge in [-0.05, 0) is 80.8 Å². The molecule has 1 aliphatic carbocycles. The Morgan fingerprint density at radius 3 is 2.33 bits per heavy atom. The van der Waals surface area contributed by atoms with E-state index in [1.54, 1.807) is 24.3 Å². The van der Waals surface area contributed by atoms with Crippen LogP contribution in [0, 0.1) is 17.8 Å². The van der Waals surface area contributed by atoms with Crippen LogP contribution in [0.25, 0.3) is 0 Å². The van der Waals surface area contributed by atoms with Crippen molar-refractivity contribution in [2.45, 2.75) is 36.8 Å². The van der Waals surface area contributed by atoms with Gasteiger partial charge in [-0.2, -0.15) is 13.2 Å². The van der Waals surface area contributed by atoms with Gasteiger partial charge in [-0.25, -0.2) is 8.42 Å². The Morgan fingerprint density at radius 2 is 1.78 bits per heavy atom. The molecule has 1 saturated carbocycles. The molecule has 0 aromatic heterocycles. The van der Waals surface area contributed by atoms with Crippen molar-refractivity contribution in [3.8, 4) is 5.75 Å². The van der Waals surface area contributed by atoms with Gasteiger partial charge in [-0.3, -0.25) is 4.90 Å². The number of halogens is 3. The number of hydrogen-bond acceptors (Lipinski definition) is 4. The summed E-state index contributed by atoms with van der Waals surface area (Å²) in [6.45, 7) is 0.860. The zero-order valence-electron chi connectivity index (χ0n) is 15.4. The van der Waals surface area contributed by atoms with Crippen molar-refractivity contribution in [1.82, 2.24) is 4.90 Å². The molecule has 3 rings (SSSR count). The number of sulfone groups is 1. The van der Waals surface area contributed by atoms with Crippen LogP contribution in [0.1, 0.15) is 25.7 Å². The van der Waals surface area contributed by atoms with E-state index in [0.717, 1.165) is 25.7 Å². The molecule has 1 aromatic rings. The third kappa shape index (κ3) is 6.10. The van der Waals surface area contributed by atoms with Crippen LogP contribution in [0.2, 0.25) is 0 Å². The van der Waals surface area contributed by atoms with E-state index >= 15 is 0 Å². The molecule has 4 nitrogen and oxygen atoms in total. The minimum absolute atomic E-state index is 0.272. The van der Waals surface area contributed by atoms with E-state index in [9.17, 15) is 21.6 Å². The summed E-state index contributed by atoms with van der Waals surface area (Å²) >= 11 is 0. The average Bonchev–Trinajstić information content (AvgIpc) is 3.33. The fourth-order valence-electron chi connectivity index (χ4n) is 4.08. The normalized spacial score (nSPS) is 24.7. The molecule has 2 atom stereocenters. The Hall–Kier alpha value is -1.28. The minimum Gasteiger partial charge on any atom is -0.494 e. The molecule has 2 aliphatic rings. The van der Waals surface area contributed by atoms with Gasteiger partial charge in [0.15, 0.2) is 9.84 Å². The van der Waals surface area contributed by atoms with Gasteiger partial charge < -0.3 is 4.74 Å². The fourth-order valence-corrected chi connectivity index (χ4v) is 4.71. The molecule has 1 unspecified atom stereocenters. The standard InChI is InChI=1S/C19H26F3NO3S/c1-27(24,25)17-4-2-16(3-5-17)26-11-8-15-12-18(15)14-6-9-23(10-7-14)13-19(20,21)22/h2-5,14-15,18H,6-13H2,1H3/t15-,18?/m1/s1. The van der Waals surface area contributed by atoms with Gasteiger partial charge in [-0.15, -0.1) is 0 Å². The van der Waals surface area contributed by atoms with E-state index in [-0.39, 0.29) is 4.90 Å². The molecular formula is C19H26F3NO3S. The second-order valence-corrected chi connectivity index (χ2v) is 9.78. The first-order chi connectivity index (χ1) is 12.6. The molecule has 0 spiro atoms. The van der Waals surface area contributed by atoms with Crippen molar-refractivity contribution < 1.29 is 26.3 Å².